The van der Waals surface area contributed by atoms with Crippen molar-refractivity contribution >= 4 is 29.2 Å². The van der Waals surface area contributed by atoms with Gasteiger partial charge in [-0.25, -0.2) is 9.97 Å². The largest absolute Gasteiger partial charge is 0.487 e. The average molecular weight is 348 g/mol. The number of anilines is 3. The van der Waals surface area contributed by atoms with E-state index < -0.39 is 0 Å². The smallest absolute Gasteiger partial charge is 0.205 e. The third-order valence-electron chi connectivity index (χ3n) is 3.91. The number of aromatic amines is 1. The molecule has 24 heavy (non-hydrogen) atoms. The number of ether oxygens (including phenoxy) is 1. The fraction of sp³-hybridized carbons (Fsp3) is 0.562. The summed E-state index contributed by atoms with van der Waals surface area (Å²) < 4.78 is 5.92. The van der Waals surface area contributed by atoms with E-state index >= 15 is 0 Å². The zero-order valence-electron chi connectivity index (χ0n) is 14.4. The Hall–Kier alpha value is -1.96. The van der Waals surface area contributed by atoms with E-state index in [1.54, 1.807) is 0 Å². The molecule has 0 amide bonds. The first kappa shape index (κ1) is 16.9. The van der Waals surface area contributed by atoms with Gasteiger partial charge in [0.25, 0.3) is 0 Å². The van der Waals surface area contributed by atoms with Crippen LogP contribution in [-0.4, -0.2) is 46.1 Å². The lowest BCUT2D eigenvalue weighted by atomic mass is 10.1. The minimum Gasteiger partial charge on any atom is -0.487 e. The highest BCUT2D eigenvalue weighted by Crippen LogP contribution is 2.37. The number of nitrogens with one attached hydrogen (secondary N) is 2. The summed E-state index contributed by atoms with van der Waals surface area (Å²) in [4.78, 5) is 11.6. The van der Waals surface area contributed by atoms with Crippen LogP contribution in [0.15, 0.2) is 11.2 Å². The number of rotatable bonds is 6. The average Bonchev–Trinajstić information content (AvgIpc) is 3.02. The van der Waals surface area contributed by atoms with Gasteiger partial charge in [0.1, 0.15) is 0 Å². The van der Waals surface area contributed by atoms with Crippen LogP contribution in [0, 0.1) is 6.92 Å². The van der Waals surface area contributed by atoms with Gasteiger partial charge in [-0.1, -0.05) is 11.8 Å². The SMILES string of the molecule is CCOc1c(Nc2cc(C)[nH]n2)nc(SC)nc1N1CCCCC1. The van der Waals surface area contributed by atoms with Crippen molar-refractivity contribution in [2.75, 3.05) is 36.2 Å². The second kappa shape index (κ2) is 7.74. The van der Waals surface area contributed by atoms with Crippen LogP contribution in [0.25, 0.3) is 0 Å². The van der Waals surface area contributed by atoms with Crippen LogP contribution in [0.2, 0.25) is 0 Å². The molecule has 1 aliphatic rings. The lowest BCUT2D eigenvalue weighted by Gasteiger charge is -2.29. The molecule has 1 fully saturated rings. The quantitative estimate of drug-likeness (QED) is 0.612. The number of aryl methyl sites for hydroxylation is 1. The lowest BCUT2D eigenvalue weighted by molar-refractivity contribution is 0.337. The molecule has 0 radical (unpaired) electrons. The van der Waals surface area contributed by atoms with E-state index in [2.05, 4.69) is 25.4 Å². The van der Waals surface area contributed by atoms with Crippen molar-refractivity contribution in [3.8, 4) is 5.75 Å². The number of piperidine rings is 1. The summed E-state index contributed by atoms with van der Waals surface area (Å²) in [5.74, 6) is 2.98. The van der Waals surface area contributed by atoms with Crippen LogP contribution in [-0.2, 0) is 0 Å². The molecule has 130 valence electrons. The third kappa shape index (κ3) is 3.75. The first-order valence-electron chi connectivity index (χ1n) is 8.34. The molecule has 0 unspecified atom stereocenters. The van der Waals surface area contributed by atoms with Gasteiger partial charge in [-0.15, -0.1) is 0 Å². The maximum absolute atomic E-state index is 5.92. The minimum atomic E-state index is 0.567. The number of hydrogen-bond donors (Lipinski definition) is 2. The predicted octanol–water partition coefficient (Wildman–Crippen LogP) is 3.36. The third-order valence-corrected chi connectivity index (χ3v) is 4.45. The van der Waals surface area contributed by atoms with Crippen molar-refractivity contribution in [2.45, 2.75) is 38.3 Å². The van der Waals surface area contributed by atoms with Gasteiger partial charge in [0.15, 0.2) is 22.6 Å². The summed E-state index contributed by atoms with van der Waals surface area (Å²) >= 11 is 1.53. The molecule has 7 nitrogen and oxygen atoms in total. The van der Waals surface area contributed by atoms with E-state index in [0.29, 0.717) is 18.2 Å². The van der Waals surface area contributed by atoms with Gasteiger partial charge in [0.05, 0.1) is 6.61 Å². The van der Waals surface area contributed by atoms with Crippen LogP contribution < -0.4 is 15.0 Å². The minimum absolute atomic E-state index is 0.567. The first-order valence-corrected chi connectivity index (χ1v) is 9.56. The normalized spacial score (nSPS) is 14.7. The molecule has 2 aromatic heterocycles. The molecule has 1 saturated heterocycles. The molecule has 3 rings (SSSR count). The molecule has 0 atom stereocenters. The molecule has 0 bridgehead atoms. The molecule has 0 saturated carbocycles. The van der Waals surface area contributed by atoms with Crippen molar-refractivity contribution in [1.82, 2.24) is 20.2 Å². The second-order valence-corrected chi connectivity index (χ2v) is 6.53. The van der Waals surface area contributed by atoms with Gasteiger partial charge in [-0.05, 0) is 39.4 Å². The second-order valence-electron chi connectivity index (χ2n) is 5.75. The Morgan fingerprint density at radius 3 is 2.71 bits per heavy atom. The Morgan fingerprint density at radius 2 is 2.08 bits per heavy atom. The molecule has 2 N–H and O–H groups in total. The number of hydrogen-bond acceptors (Lipinski definition) is 7. The topological polar surface area (TPSA) is 79.0 Å². The standard InChI is InChI=1S/C16H24N6OS/c1-4-23-13-14(17-12-10-11(2)20-21-12)18-16(24-3)19-15(13)22-8-6-5-7-9-22/h10H,4-9H2,1-3H3,(H2,17,18,19,20,21). The van der Waals surface area contributed by atoms with E-state index in [1.807, 2.05) is 26.2 Å². The van der Waals surface area contributed by atoms with Crippen molar-refractivity contribution in [3.63, 3.8) is 0 Å². The Labute approximate surface area is 146 Å². The van der Waals surface area contributed by atoms with Crippen molar-refractivity contribution in [1.29, 1.82) is 0 Å². The number of aromatic nitrogens is 4. The van der Waals surface area contributed by atoms with Gasteiger partial charge in [-0.2, -0.15) is 5.10 Å². The lowest BCUT2D eigenvalue weighted by Crippen LogP contribution is -2.31. The van der Waals surface area contributed by atoms with Gasteiger partial charge in [-0.3, -0.25) is 5.10 Å². The van der Waals surface area contributed by atoms with E-state index in [4.69, 9.17) is 9.72 Å². The highest BCUT2D eigenvalue weighted by molar-refractivity contribution is 7.98. The fourth-order valence-corrected chi connectivity index (χ4v) is 3.16. The Balaban J connectivity index is 2.00. The summed E-state index contributed by atoms with van der Waals surface area (Å²) in [5, 5.41) is 11.2. The molecular formula is C16H24N6OS. The molecule has 0 aromatic carbocycles. The fourth-order valence-electron chi connectivity index (χ4n) is 2.80. The van der Waals surface area contributed by atoms with Gasteiger partial charge in [0.2, 0.25) is 5.75 Å². The molecule has 8 heteroatoms. The first-order chi connectivity index (χ1) is 11.7. The van der Waals surface area contributed by atoms with Crippen molar-refractivity contribution in [2.24, 2.45) is 0 Å². The molecule has 0 aliphatic carbocycles. The maximum atomic E-state index is 5.92. The van der Waals surface area contributed by atoms with Gasteiger partial charge >= 0.3 is 0 Å². The van der Waals surface area contributed by atoms with Crippen LogP contribution in [0.1, 0.15) is 31.9 Å². The summed E-state index contributed by atoms with van der Waals surface area (Å²) in [6, 6.07) is 1.94. The number of H-pyrrole nitrogens is 1. The van der Waals surface area contributed by atoms with Crippen molar-refractivity contribution in [3.05, 3.63) is 11.8 Å². The summed E-state index contributed by atoms with van der Waals surface area (Å²) in [6.45, 7) is 6.52. The van der Waals surface area contributed by atoms with Crippen LogP contribution in [0.5, 0.6) is 5.75 Å². The summed E-state index contributed by atoms with van der Waals surface area (Å²) in [5.41, 5.74) is 0.992. The van der Waals surface area contributed by atoms with Crippen molar-refractivity contribution < 1.29 is 4.74 Å². The maximum Gasteiger partial charge on any atom is 0.205 e. The van der Waals surface area contributed by atoms with E-state index in [1.165, 1.54) is 31.0 Å². The Kier molecular flexibility index (Phi) is 5.44. The van der Waals surface area contributed by atoms with Gasteiger partial charge in [0, 0.05) is 24.8 Å². The molecule has 3 heterocycles. The summed E-state index contributed by atoms with van der Waals surface area (Å²) in [7, 11) is 0. The van der Waals surface area contributed by atoms with Gasteiger partial charge < -0.3 is 15.0 Å². The predicted molar refractivity (Wildman–Crippen MR) is 97.7 cm³/mol. The highest BCUT2D eigenvalue weighted by Gasteiger charge is 2.23. The molecule has 2 aromatic rings. The zero-order chi connectivity index (χ0) is 16.9. The highest BCUT2D eigenvalue weighted by atomic mass is 32.2. The zero-order valence-corrected chi connectivity index (χ0v) is 15.2. The Morgan fingerprint density at radius 1 is 1.29 bits per heavy atom. The van der Waals surface area contributed by atoms with E-state index in [-0.39, 0.29) is 0 Å². The van der Waals surface area contributed by atoms with E-state index in [0.717, 1.165) is 35.6 Å². The molecule has 1 aliphatic heterocycles. The van der Waals surface area contributed by atoms with Crippen LogP contribution >= 0.6 is 11.8 Å². The summed E-state index contributed by atoms with van der Waals surface area (Å²) in [6.07, 6.45) is 5.63. The molecular weight excluding hydrogens is 324 g/mol. The number of thioether (sulfide) groups is 1. The van der Waals surface area contributed by atoms with E-state index in [9.17, 15) is 0 Å². The molecule has 0 spiro atoms. The monoisotopic (exact) mass is 348 g/mol. The van der Waals surface area contributed by atoms with Crippen LogP contribution in [0.3, 0.4) is 0 Å². The Bertz CT molecular complexity index is 683. The van der Waals surface area contributed by atoms with Crippen LogP contribution in [0.4, 0.5) is 17.5 Å². The number of nitrogens with zero attached hydrogens (tertiary/aromatic N) is 4.